The van der Waals surface area contributed by atoms with Crippen molar-refractivity contribution in [2.24, 2.45) is 7.05 Å². The summed E-state index contributed by atoms with van der Waals surface area (Å²) in [6.45, 7) is 2.08. The quantitative estimate of drug-likeness (QED) is 0.497. The van der Waals surface area contributed by atoms with Crippen LogP contribution in [0.3, 0.4) is 0 Å². The maximum Gasteiger partial charge on any atom is 0.308 e. The van der Waals surface area contributed by atoms with Crippen molar-refractivity contribution in [2.45, 2.75) is 6.92 Å². The highest BCUT2D eigenvalue weighted by molar-refractivity contribution is 5.28. The fraction of sp³-hybridized carbons (Fsp3) is 0.250. The second-order valence-electron chi connectivity index (χ2n) is 2.65. The van der Waals surface area contributed by atoms with Crippen molar-refractivity contribution in [1.82, 2.24) is 9.61 Å². The summed E-state index contributed by atoms with van der Waals surface area (Å²) in [5.41, 5.74) is 2.35. The summed E-state index contributed by atoms with van der Waals surface area (Å²) >= 11 is 0. The molecule has 3 nitrogen and oxygen atoms in total. The number of aromatic nitrogens is 3. The highest BCUT2D eigenvalue weighted by atomic mass is 15.3. The largest absolute Gasteiger partial charge is 0.308 e. The van der Waals surface area contributed by atoms with Crippen LogP contribution in [0, 0.1) is 6.92 Å². The van der Waals surface area contributed by atoms with Crippen LogP contribution < -0.4 is 4.57 Å². The summed E-state index contributed by atoms with van der Waals surface area (Å²) < 4.78 is 3.96. The van der Waals surface area contributed by atoms with Gasteiger partial charge < -0.3 is 0 Å². The molecule has 0 aliphatic rings. The molecule has 0 aromatic carbocycles. The minimum absolute atomic E-state index is 1.12. The molecule has 3 heteroatoms. The smallest absolute Gasteiger partial charge is 0.232 e. The molecule has 2 aromatic heterocycles. The molecule has 0 bridgehead atoms. The van der Waals surface area contributed by atoms with Gasteiger partial charge in [-0.05, 0) is 6.92 Å². The zero-order chi connectivity index (χ0) is 7.84. The van der Waals surface area contributed by atoms with E-state index in [2.05, 4.69) is 16.6 Å². The molecule has 0 fully saturated rings. The number of hydrogen-bond acceptors (Lipinski definition) is 1. The Morgan fingerprint density at radius 1 is 1.45 bits per heavy atom. The Morgan fingerprint density at radius 2 is 2.27 bits per heavy atom. The van der Waals surface area contributed by atoms with Crippen LogP contribution in [-0.4, -0.2) is 9.61 Å². The van der Waals surface area contributed by atoms with E-state index in [-0.39, 0.29) is 0 Å². The summed E-state index contributed by atoms with van der Waals surface area (Å²) in [5.74, 6) is 0. The Hall–Kier alpha value is -1.38. The summed E-state index contributed by atoms with van der Waals surface area (Å²) in [6.07, 6.45) is 3.76. The van der Waals surface area contributed by atoms with E-state index >= 15 is 0 Å². The van der Waals surface area contributed by atoms with Gasteiger partial charge in [0.25, 0.3) is 0 Å². The molecule has 0 saturated heterocycles. The van der Waals surface area contributed by atoms with Crippen LogP contribution in [0.15, 0.2) is 24.5 Å². The lowest BCUT2D eigenvalue weighted by Gasteiger charge is -1.95. The first kappa shape index (κ1) is 6.34. The maximum absolute atomic E-state index is 4.12. The fourth-order valence-electron chi connectivity index (χ4n) is 1.16. The van der Waals surface area contributed by atoms with Gasteiger partial charge in [0.1, 0.15) is 11.9 Å². The first-order valence-electron chi connectivity index (χ1n) is 3.58. The average Bonchev–Trinajstić information content (AvgIpc) is 2.45. The zero-order valence-electron chi connectivity index (χ0n) is 6.65. The molecule has 2 heterocycles. The fourth-order valence-corrected chi connectivity index (χ4v) is 1.16. The van der Waals surface area contributed by atoms with Gasteiger partial charge in [-0.25, -0.2) is 4.57 Å². The van der Waals surface area contributed by atoms with Gasteiger partial charge in [-0.3, -0.25) is 0 Å². The van der Waals surface area contributed by atoms with E-state index < -0.39 is 0 Å². The lowest BCUT2D eigenvalue weighted by Crippen LogP contribution is -2.33. The Balaban J connectivity index is 2.93. The van der Waals surface area contributed by atoms with Crippen molar-refractivity contribution in [3.8, 4) is 0 Å². The second-order valence-corrected chi connectivity index (χ2v) is 2.65. The van der Waals surface area contributed by atoms with E-state index in [4.69, 9.17) is 0 Å². The average molecular weight is 148 g/mol. The lowest BCUT2D eigenvalue weighted by atomic mass is 10.4. The van der Waals surface area contributed by atoms with Crippen molar-refractivity contribution in [2.75, 3.05) is 0 Å². The van der Waals surface area contributed by atoms with Crippen molar-refractivity contribution in [1.29, 1.82) is 0 Å². The third kappa shape index (κ3) is 0.808. The summed E-state index contributed by atoms with van der Waals surface area (Å²) in [4.78, 5) is 0. The predicted molar refractivity (Wildman–Crippen MR) is 41.1 cm³/mol. The SMILES string of the molecule is Cc1ccn2nccc2[n+]1C. The van der Waals surface area contributed by atoms with Crippen molar-refractivity contribution < 1.29 is 4.57 Å². The van der Waals surface area contributed by atoms with Crippen LogP contribution in [0.4, 0.5) is 0 Å². The Morgan fingerprint density at radius 3 is 3.09 bits per heavy atom. The van der Waals surface area contributed by atoms with E-state index in [0.717, 1.165) is 5.65 Å². The van der Waals surface area contributed by atoms with Crippen LogP contribution >= 0.6 is 0 Å². The van der Waals surface area contributed by atoms with Crippen LogP contribution in [0.1, 0.15) is 5.69 Å². The normalized spacial score (nSPS) is 10.7. The molecule has 2 aromatic rings. The Kier molecular flexibility index (Phi) is 1.18. The molecule has 0 radical (unpaired) electrons. The zero-order valence-corrected chi connectivity index (χ0v) is 6.65. The number of fused-ring (bicyclic) bond motifs is 1. The molecule has 0 N–H and O–H groups in total. The van der Waals surface area contributed by atoms with Gasteiger partial charge in [0.15, 0.2) is 0 Å². The van der Waals surface area contributed by atoms with Gasteiger partial charge in [0, 0.05) is 6.07 Å². The molecular formula is C8H10N3+. The molecule has 2 rings (SSSR count). The molecule has 0 aliphatic heterocycles. The topological polar surface area (TPSA) is 21.2 Å². The minimum atomic E-state index is 1.12. The van der Waals surface area contributed by atoms with Gasteiger partial charge in [-0.15, -0.1) is 4.52 Å². The van der Waals surface area contributed by atoms with E-state index in [9.17, 15) is 0 Å². The van der Waals surface area contributed by atoms with E-state index in [1.807, 2.05) is 29.9 Å². The molecule has 56 valence electrons. The number of nitrogens with zero attached hydrogens (tertiary/aromatic N) is 3. The molecule has 11 heavy (non-hydrogen) atoms. The first-order valence-corrected chi connectivity index (χ1v) is 3.58. The molecule has 0 saturated carbocycles. The monoisotopic (exact) mass is 148 g/mol. The highest BCUT2D eigenvalue weighted by Crippen LogP contribution is 1.95. The van der Waals surface area contributed by atoms with E-state index in [1.165, 1.54) is 5.69 Å². The van der Waals surface area contributed by atoms with Gasteiger partial charge in [-0.2, -0.15) is 0 Å². The molecule has 0 unspecified atom stereocenters. The number of aryl methyl sites for hydroxylation is 2. The van der Waals surface area contributed by atoms with Crippen molar-refractivity contribution in [3.63, 3.8) is 0 Å². The van der Waals surface area contributed by atoms with Crippen LogP contribution in [0.5, 0.6) is 0 Å². The van der Waals surface area contributed by atoms with Crippen LogP contribution in [0.25, 0.3) is 5.65 Å². The maximum atomic E-state index is 4.12. The minimum Gasteiger partial charge on any atom is -0.232 e. The molecule has 0 aliphatic carbocycles. The summed E-state index contributed by atoms with van der Waals surface area (Å²) in [6, 6.07) is 4.03. The van der Waals surface area contributed by atoms with Gasteiger partial charge >= 0.3 is 5.65 Å². The molecule has 0 amide bonds. The van der Waals surface area contributed by atoms with Crippen molar-refractivity contribution in [3.05, 3.63) is 30.2 Å². The highest BCUT2D eigenvalue weighted by Gasteiger charge is 2.06. The molecule has 0 atom stereocenters. The predicted octanol–water partition coefficient (Wildman–Crippen LogP) is 0.467. The van der Waals surface area contributed by atoms with Gasteiger partial charge in [0.05, 0.1) is 19.3 Å². The third-order valence-electron chi connectivity index (χ3n) is 1.98. The summed E-state index contributed by atoms with van der Waals surface area (Å²) in [7, 11) is 2.03. The Labute approximate surface area is 64.9 Å². The lowest BCUT2D eigenvalue weighted by molar-refractivity contribution is -0.654. The van der Waals surface area contributed by atoms with Gasteiger partial charge in [0.2, 0.25) is 0 Å². The van der Waals surface area contributed by atoms with Crippen LogP contribution in [-0.2, 0) is 7.05 Å². The first-order chi connectivity index (χ1) is 5.29. The van der Waals surface area contributed by atoms with Gasteiger partial charge in [-0.1, -0.05) is 5.10 Å². The van der Waals surface area contributed by atoms with E-state index in [0.29, 0.717) is 0 Å². The number of rotatable bonds is 0. The van der Waals surface area contributed by atoms with Crippen molar-refractivity contribution >= 4 is 5.65 Å². The standard InChI is InChI=1S/C8H10N3/c1-7-4-6-11-8(10(7)2)3-5-9-11/h3-6H,1-2H3/q+1. The van der Waals surface area contributed by atoms with E-state index in [1.54, 1.807) is 6.20 Å². The number of hydrogen-bond donors (Lipinski definition) is 0. The Bertz CT molecular complexity index is 389. The third-order valence-corrected chi connectivity index (χ3v) is 1.98. The second kappa shape index (κ2) is 2.05. The molecule has 0 spiro atoms. The molecular weight excluding hydrogens is 138 g/mol. The van der Waals surface area contributed by atoms with Crippen LogP contribution in [0.2, 0.25) is 0 Å². The summed E-state index contributed by atoms with van der Waals surface area (Å²) in [5, 5.41) is 4.12.